The monoisotopic (exact) mass is 558 g/mol. The van der Waals surface area contributed by atoms with Crippen LogP contribution in [0.4, 0.5) is 0 Å². The molecule has 2 unspecified atom stereocenters. The standard InChI is InChI=1S/C23H34N4O2S.HI/c1-4-24-23(25-16-18(2)22-6-5-15-30-22)26-17-21(27-11-13-29-14-12-27)19-7-9-20(28-3)10-8-19;/h5-10,15,18,21H,4,11-14,16-17H2,1-3H3,(H2,24,25,26);1H. The molecule has 2 atom stereocenters. The smallest absolute Gasteiger partial charge is 0.191 e. The second-order valence-electron chi connectivity index (χ2n) is 7.45. The zero-order valence-corrected chi connectivity index (χ0v) is 21.8. The lowest BCUT2D eigenvalue weighted by Crippen LogP contribution is -2.46. The molecule has 0 amide bonds. The molecule has 8 heteroatoms. The van der Waals surface area contributed by atoms with Crippen molar-refractivity contribution in [3.63, 3.8) is 0 Å². The molecule has 2 heterocycles. The Labute approximate surface area is 207 Å². The number of ether oxygens (including phenoxy) is 2. The summed E-state index contributed by atoms with van der Waals surface area (Å²) in [5.74, 6) is 2.16. The molecule has 0 aliphatic carbocycles. The summed E-state index contributed by atoms with van der Waals surface area (Å²) in [7, 11) is 1.70. The van der Waals surface area contributed by atoms with E-state index in [1.807, 2.05) is 12.1 Å². The van der Waals surface area contributed by atoms with Gasteiger partial charge in [0.1, 0.15) is 5.75 Å². The summed E-state index contributed by atoms with van der Waals surface area (Å²) in [5.41, 5.74) is 1.27. The normalized spacial score (nSPS) is 16.8. The highest BCUT2D eigenvalue weighted by molar-refractivity contribution is 14.0. The molecule has 0 radical (unpaired) electrons. The lowest BCUT2D eigenvalue weighted by atomic mass is 10.0. The number of thiophene rings is 1. The van der Waals surface area contributed by atoms with Crippen molar-refractivity contribution in [1.82, 2.24) is 15.5 Å². The van der Waals surface area contributed by atoms with Crippen LogP contribution in [0.15, 0.2) is 46.8 Å². The molecule has 2 N–H and O–H groups in total. The van der Waals surface area contributed by atoms with Gasteiger partial charge in [-0.25, -0.2) is 0 Å². The van der Waals surface area contributed by atoms with Gasteiger partial charge in [0.05, 0.1) is 32.9 Å². The average molecular weight is 559 g/mol. The number of hydrogen-bond donors (Lipinski definition) is 2. The molecule has 1 saturated heterocycles. The Balaban J connectivity index is 0.00000341. The van der Waals surface area contributed by atoms with Crippen molar-refractivity contribution in [3.8, 4) is 5.75 Å². The summed E-state index contributed by atoms with van der Waals surface area (Å²) in [4.78, 5) is 8.70. The molecular weight excluding hydrogens is 523 g/mol. The van der Waals surface area contributed by atoms with Crippen LogP contribution in [0.3, 0.4) is 0 Å². The highest BCUT2D eigenvalue weighted by Gasteiger charge is 2.23. The highest BCUT2D eigenvalue weighted by Crippen LogP contribution is 2.24. The van der Waals surface area contributed by atoms with Gasteiger partial charge in [0.2, 0.25) is 0 Å². The van der Waals surface area contributed by atoms with Crippen LogP contribution in [0, 0.1) is 0 Å². The van der Waals surface area contributed by atoms with E-state index in [1.54, 1.807) is 18.4 Å². The maximum atomic E-state index is 5.57. The molecule has 1 aromatic heterocycles. The van der Waals surface area contributed by atoms with Crippen molar-refractivity contribution in [2.45, 2.75) is 25.8 Å². The summed E-state index contributed by atoms with van der Waals surface area (Å²) >= 11 is 1.79. The van der Waals surface area contributed by atoms with E-state index < -0.39 is 0 Å². The van der Waals surface area contributed by atoms with Crippen LogP contribution in [0.2, 0.25) is 0 Å². The fourth-order valence-electron chi connectivity index (χ4n) is 3.60. The average Bonchev–Trinajstić information content (AvgIpc) is 3.33. The largest absolute Gasteiger partial charge is 0.497 e. The first-order valence-electron chi connectivity index (χ1n) is 10.7. The minimum atomic E-state index is 0. The summed E-state index contributed by atoms with van der Waals surface area (Å²) in [6.07, 6.45) is 0. The zero-order chi connectivity index (χ0) is 21.2. The number of nitrogens with zero attached hydrogens (tertiary/aromatic N) is 2. The summed E-state index contributed by atoms with van der Waals surface area (Å²) < 4.78 is 10.9. The van der Waals surface area contributed by atoms with Crippen LogP contribution in [0.25, 0.3) is 0 Å². The van der Waals surface area contributed by atoms with Gasteiger partial charge in [-0.15, -0.1) is 35.3 Å². The number of nitrogens with one attached hydrogen (secondary N) is 2. The van der Waals surface area contributed by atoms with Gasteiger partial charge in [0.25, 0.3) is 0 Å². The van der Waals surface area contributed by atoms with E-state index in [1.165, 1.54) is 10.4 Å². The van der Waals surface area contributed by atoms with E-state index in [4.69, 9.17) is 14.5 Å². The SMILES string of the molecule is CCNC(=NCC(C)c1cccs1)NCC(c1ccc(OC)cc1)N1CCOCC1.I. The third-order valence-electron chi connectivity index (χ3n) is 5.35. The molecule has 1 aliphatic heterocycles. The van der Waals surface area contributed by atoms with Crippen LogP contribution >= 0.6 is 35.3 Å². The van der Waals surface area contributed by atoms with Gasteiger partial charge in [-0.3, -0.25) is 9.89 Å². The molecular formula is C23H35IN4O2S. The predicted molar refractivity (Wildman–Crippen MR) is 140 cm³/mol. The van der Waals surface area contributed by atoms with Crippen LogP contribution in [-0.4, -0.2) is 63.9 Å². The van der Waals surface area contributed by atoms with Gasteiger partial charge < -0.3 is 20.1 Å². The Morgan fingerprint density at radius 3 is 2.55 bits per heavy atom. The van der Waals surface area contributed by atoms with Crippen molar-refractivity contribution < 1.29 is 9.47 Å². The number of methoxy groups -OCH3 is 1. The van der Waals surface area contributed by atoms with Crippen molar-refractivity contribution in [1.29, 1.82) is 0 Å². The van der Waals surface area contributed by atoms with Crippen LogP contribution in [-0.2, 0) is 4.74 Å². The molecule has 3 rings (SSSR count). The van der Waals surface area contributed by atoms with Gasteiger partial charge in [-0.05, 0) is 36.1 Å². The molecule has 2 aromatic rings. The zero-order valence-electron chi connectivity index (χ0n) is 18.7. The predicted octanol–water partition coefficient (Wildman–Crippen LogP) is 4.11. The van der Waals surface area contributed by atoms with Crippen LogP contribution in [0.5, 0.6) is 5.75 Å². The van der Waals surface area contributed by atoms with Gasteiger partial charge in [-0.1, -0.05) is 25.1 Å². The molecule has 31 heavy (non-hydrogen) atoms. The first-order valence-corrected chi connectivity index (χ1v) is 11.6. The first-order chi connectivity index (χ1) is 14.7. The number of halogens is 1. The van der Waals surface area contributed by atoms with Gasteiger partial charge in [0, 0.05) is 37.0 Å². The van der Waals surface area contributed by atoms with Crippen molar-refractivity contribution in [2.24, 2.45) is 4.99 Å². The number of benzene rings is 1. The van der Waals surface area contributed by atoms with Crippen LogP contribution < -0.4 is 15.4 Å². The van der Waals surface area contributed by atoms with Crippen LogP contribution in [0.1, 0.15) is 36.2 Å². The highest BCUT2D eigenvalue weighted by atomic mass is 127. The maximum absolute atomic E-state index is 5.57. The van der Waals surface area contributed by atoms with E-state index in [-0.39, 0.29) is 30.0 Å². The third kappa shape index (κ3) is 7.93. The summed E-state index contributed by atoms with van der Waals surface area (Å²) in [5, 5.41) is 9.09. The molecule has 1 aliphatic rings. The Hall–Kier alpha value is -1.36. The minimum Gasteiger partial charge on any atom is -0.497 e. The van der Waals surface area contributed by atoms with Crippen molar-refractivity contribution in [2.75, 3.05) is 53.0 Å². The quantitative estimate of drug-likeness (QED) is 0.276. The van der Waals surface area contributed by atoms with Gasteiger partial charge in [0.15, 0.2) is 5.96 Å². The van der Waals surface area contributed by atoms with Gasteiger partial charge >= 0.3 is 0 Å². The lowest BCUT2D eigenvalue weighted by molar-refractivity contribution is 0.0170. The fraction of sp³-hybridized carbons (Fsp3) is 0.522. The van der Waals surface area contributed by atoms with E-state index in [9.17, 15) is 0 Å². The van der Waals surface area contributed by atoms with Crippen molar-refractivity contribution >= 4 is 41.3 Å². The Bertz CT molecular complexity index is 764. The molecule has 1 fully saturated rings. The van der Waals surface area contributed by atoms with E-state index >= 15 is 0 Å². The van der Waals surface area contributed by atoms with E-state index in [0.29, 0.717) is 5.92 Å². The molecule has 172 valence electrons. The number of rotatable bonds is 9. The number of guanidine groups is 1. The van der Waals surface area contributed by atoms with E-state index in [0.717, 1.165) is 57.6 Å². The number of morpholine rings is 1. The third-order valence-corrected chi connectivity index (χ3v) is 6.45. The molecule has 1 aromatic carbocycles. The number of aliphatic imine (C=N–C) groups is 1. The second-order valence-corrected chi connectivity index (χ2v) is 8.43. The molecule has 6 nitrogen and oxygen atoms in total. The lowest BCUT2D eigenvalue weighted by Gasteiger charge is -2.35. The fourth-order valence-corrected chi connectivity index (χ4v) is 4.38. The Morgan fingerprint density at radius 2 is 1.94 bits per heavy atom. The molecule has 0 bridgehead atoms. The maximum Gasteiger partial charge on any atom is 0.191 e. The molecule has 0 saturated carbocycles. The minimum absolute atomic E-state index is 0. The number of hydrogen-bond acceptors (Lipinski definition) is 5. The Kier molecular flexibility index (Phi) is 11.6. The Morgan fingerprint density at radius 1 is 1.19 bits per heavy atom. The summed E-state index contributed by atoms with van der Waals surface area (Å²) in [6.45, 7) is 10.1. The second kappa shape index (κ2) is 13.9. The summed E-state index contributed by atoms with van der Waals surface area (Å²) in [6, 6.07) is 12.9. The topological polar surface area (TPSA) is 58.1 Å². The van der Waals surface area contributed by atoms with E-state index in [2.05, 4.69) is 59.0 Å². The van der Waals surface area contributed by atoms with Crippen molar-refractivity contribution in [3.05, 3.63) is 52.2 Å². The first kappa shape index (κ1) is 25.9. The van der Waals surface area contributed by atoms with Gasteiger partial charge in [-0.2, -0.15) is 0 Å². The molecule has 0 spiro atoms.